The standard InChI is InChI=1S/C15H11FN4O3S/c16-11-2-1-9-5-10(8-19-13(9)6-11)15(21)20-12-3-4-18-14(7-12)24(17,22)23/h1-8H,(H2,17,22,23)(H,18,20,21). The number of sulfonamides is 1. The average molecular weight is 346 g/mol. The predicted octanol–water partition coefficient (Wildman–Crippen LogP) is 1.67. The molecule has 9 heteroatoms. The van der Waals surface area contributed by atoms with Gasteiger partial charge in [0.25, 0.3) is 15.9 Å². The van der Waals surface area contributed by atoms with Crippen LogP contribution in [0.4, 0.5) is 10.1 Å². The number of nitrogens with two attached hydrogens (primary N) is 1. The number of nitrogens with zero attached hydrogens (tertiary/aromatic N) is 2. The zero-order chi connectivity index (χ0) is 17.3. The Kier molecular flexibility index (Phi) is 3.96. The Bertz CT molecular complexity index is 1050. The third-order valence-corrected chi connectivity index (χ3v) is 4.00. The van der Waals surface area contributed by atoms with Crippen LogP contribution < -0.4 is 10.5 Å². The van der Waals surface area contributed by atoms with Gasteiger partial charge < -0.3 is 5.32 Å². The summed E-state index contributed by atoms with van der Waals surface area (Å²) in [6, 6.07) is 8.18. The van der Waals surface area contributed by atoms with Crippen molar-refractivity contribution in [3.63, 3.8) is 0 Å². The molecule has 0 aliphatic rings. The molecule has 2 aromatic heterocycles. The van der Waals surface area contributed by atoms with Gasteiger partial charge in [0, 0.05) is 35.6 Å². The molecule has 0 bridgehead atoms. The number of aromatic nitrogens is 2. The highest BCUT2D eigenvalue weighted by atomic mass is 32.2. The minimum absolute atomic E-state index is 0.221. The van der Waals surface area contributed by atoms with Gasteiger partial charge in [0.1, 0.15) is 5.82 Å². The minimum atomic E-state index is -3.97. The molecule has 24 heavy (non-hydrogen) atoms. The first-order chi connectivity index (χ1) is 11.3. The van der Waals surface area contributed by atoms with Gasteiger partial charge in [0.2, 0.25) is 0 Å². The van der Waals surface area contributed by atoms with Crippen molar-refractivity contribution < 1.29 is 17.6 Å². The fourth-order valence-corrected chi connectivity index (χ4v) is 2.56. The molecule has 3 N–H and O–H groups in total. The van der Waals surface area contributed by atoms with Gasteiger partial charge in [-0.2, -0.15) is 0 Å². The molecule has 0 saturated carbocycles. The van der Waals surface area contributed by atoms with E-state index in [2.05, 4.69) is 15.3 Å². The van der Waals surface area contributed by atoms with Gasteiger partial charge in [-0.1, -0.05) is 0 Å². The normalized spacial score (nSPS) is 11.4. The zero-order valence-electron chi connectivity index (χ0n) is 12.1. The van der Waals surface area contributed by atoms with Crippen molar-refractivity contribution in [2.24, 2.45) is 5.14 Å². The summed E-state index contributed by atoms with van der Waals surface area (Å²) in [5, 5.41) is 7.78. The molecule has 1 aromatic carbocycles. The van der Waals surface area contributed by atoms with Crippen molar-refractivity contribution in [3.05, 3.63) is 60.2 Å². The van der Waals surface area contributed by atoms with Crippen molar-refractivity contribution in [3.8, 4) is 0 Å². The van der Waals surface area contributed by atoms with E-state index in [1.807, 2.05) is 0 Å². The number of carbonyl (C=O) groups excluding carboxylic acids is 1. The van der Waals surface area contributed by atoms with Crippen LogP contribution in [0.2, 0.25) is 0 Å². The second kappa shape index (κ2) is 5.95. The summed E-state index contributed by atoms with van der Waals surface area (Å²) in [6.07, 6.45) is 2.52. The highest BCUT2D eigenvalue weighted by molar-refractivity contribution is 7.89. The average Bonchev–Trinajstić information content (AvgIpc) is 2.53. The van der Waals surface area contributed by atoms with Crippen LogP contribution in [0.1, 0.15) is 10.4 Å². The van der Waals surface area contributed by atoms with E-state index in [-0.39, 0.29) is 16.3 Å². The summed E-state index contributed by atoms with van der Waals surface area (Å²) in [7, 11) is -3.97. The number of carbonyl (C=O) groups is 1. The van der Waals surface area contributed by atoms with Crippen molar-refractivity contribution in [2.45, 2.75) is 5.03 Å². The number of benzene rings is 1. The van der Waals surface area contributed by atoms with Gasteiger partial charge >= 0.3 is 0 Å². The maximum absolute atomic E-state index is 13.1. The molecule has 7 nitrogen and oxygen atoms in total. The number of anilines is 1. The molecule has 0 fully saturated rings. The molecule has 0 aliphatic carbocycles. The van der Waals surface area contributed by atoms with E-state index in [0.29, 0.717) is 10.9 Å². The third kappa shape index (κ3) is 3.36. The summed E-state index contributed by atoms with van der Waals surface area (Å²) >= 11 is 0. The van der Waals surface area contributed by atoms with Crippen LogP contribution in [0.3, 0.4) is 0 Å². The molecule has 0 spiro atoms. The van der Waals surface area contributed by atoms with Crippen LogP contribution >= 0.6 is 0 Å². The lowest BCUT2D eigenvalue weighted by Crippen LogP contribution is -2.16. The van der Waals surface area contributed by atoms with Crippen LogP contribution in [0.5, 0.6) is 0 Å². The fraction of sp³-hybridized carbons (Fsp3) is 0. The van der Waals surface area contributed by atoms with Gasteiger partial charge in [0.05, 0.1) is 11.1 Å². The number of fused-ring (bicyclic) bond motifs is 1. The zero-order valence-corrected chi connectivity index (χ0v) is 12.9. The van der Waals surface area contributed by atoms with E-state index >= 15 is 0 Å². The van der Waals surface area contributed by atoms with Crippen LogP contribution in [0.25, 0.3) is 10.9 Å². The van der Waals surface area contributed by atoms with E-state index in [9.17, 15) is 17.6 Å². The van der Waals surface area contributed by atoms with Crippen LogP contribution in [0, 0.1) is 5.82 Å². The predicted molar refractivity (Wildman–Crippen MR) is 85.3 cm³/mol. The van der Waals surface area contributed by atoms with Crippen LogP contribution in [-0.4, -0.2) is 24.3 Å². The Labute approximate surface area is 136 Å². The van der Waals surface area contributed by atoms with E-state index in [1.165, 1.54) is 36.7 Å². The van der Waals surface area contributed by atoms with E-state index in [1.54, 1.807) is 6.07 Å². The monoisotopic (exact) mass is 346 g/mol. The van der Waals surface area contributed by atoms with Gasteiger partial charge in [0.15, 0.2) is 5.03 Å². The van der Waals surface area contributed by atoms with Gasteiger partial charge in [-0.3, -0.25) is 9.78 Å². The quantitative estimate of drug-likeness (QED) is 0.748. The molecule has 0 radical (unpaired) electrons. The first kappa shape index (κ1) is 16.0. The highest BCUT2D eigenvalue weighted by Crippen LogP contribution is 2.17. The van der Waals surface area contributed by atoms with Crippen molar-refractivity contribution in [2.75, 3.05) is 5.32 Å². The summed E-state index contributed by atoms with van der Waals surface area (Å²) in [6.45, 7) is 0. The Morgan fingerprint density at radius 2 is 1.92 bits per heavy atom. The molecule has 3 rings (SSSR count). The van der Waals surface area contributed by atoms with Crippen molar-refractivity contribution >= 4 is 32.5 Å². The molecule has 3 aromatic rings. The van der Waals surface area contributed by atoms with Crippen molar-refractivity contribution in [1.82, 2.24) is 9.97 Å². The summed E-state index contributed by atoms with van der Waals surface area (Å²) < 4.78 is 35.7. The number of primary sulfonamides is 1. The maximum Gasteiger partial charge on any atom is 0.257 e. The molecule has 0 aliphatic heterocycles. The van der Waals surface area contributed by atoms with Gasteiger partial charge in [-0.15, -0.1) is 0 Å². The van der Waals surface area contributed by atoms with Crippen molar-refractivity contribution in [1.29, 1.82) is 0 Å². The molecule has 0 unspecified atom stereocenters. The molecule has 122 valence electrons. The smallest absolute Gasteiger partial charge is 0.257 e. The summed E-state index contributed by atoms with van der Waals surface area (Å²) in [5.41, 5.74) is 0.883. The number of hydrogen-bond acceptors (Lipinski definition) is 5. The SMILES string of the molecule is NS(=O)(=O)c1cc(NC(=O)c2cnc3cc(F)ccc3c2)ccn1. The molecule has 2 heterocycles. The van der Waals surface area contributed by atoms with Crippen LogP contribution in [-0.2, 0) is 10.0 Å². The minimum Gasteiger partial charge on any atom is -0.322 e. The molecular formula is C15H11FN4O3S. The maximum atomic E-state index is 13.1. The third-order valence-electron chi connectivity index (χ3n) is 3.19. The fourth-order valence-electron chi connectivity index (χ4n) is 2.06. The number of amides is 1. The molecule has 0 atom stereocenters. The van der Waals surface area contributed by atoms with Gasteiger partial charge in [-0.25, -0.2) is 22.9 Å². The molecule has 1 amide bonds. The Balaban J connectivity index is 1.89. The molecular weight excluding hydrogens is 335 g/mol. The van der Waals surface area contributed by atoms with E-state index in [4.69, 9.17) is 5.14 Å². The lowest BCUT2D eigenvalue weighted by molar-refractivity contribution is 0.102. The Morgan fingerprint density at radius 3 is 2.67 bits per heavy atom. The second-order valence-electron chi connectivity index (χ2n) is 4.94. The highest BCUT2D eigenvalue weighted by Gasteiger charge is 2.12. The summed E-state index contributed by atoms with van der Waals surface area (Å²) in [5.74, 6) is -0.917. The number of rotatable bonds is 3. The first-order valence-corrected chi connectivity index (χ1v) is 8.23. The van der Waals surface area contributed by atoms with Gasteiger partial charge in [-0.05, 0) is 24.3 Å². The number of pyridine rings is 2. The van der Waals surface area contributed by atoms with Crippen LogP contribution in [0.15, 0.2) is 53.8 Å². The second-order valence-corrected chi connectivity index (χ2v) is 6.45. The number of halogens is 1. The summed E-state index contributed by atoms with van der Waals surface area (Å²) in [4.78, 5) is 19.9. The first-order valence-electron chi connectivity index (χ1n) is 6.68. The Morgan fingerprint density at radius 1 is 1.12 bits per heavy atom. The van der Waals surface area contributed by atoms with E-state index < -0.39 is 21.7 Å². The number of hydrogen-bond donors (Lipinski definition) is 2. The largest absolute Gasteiger partial charge is 0.322 e. The topological polar surface area (TPSA) is 115 Å². The lowest BCUT2D eigenvalue weighted by Gasteiger charge is -2.07. The van der Waals surface area contributed by atoms with E-state index in [0.717, 1.165) is 6.07 Å². The number of nitrogens with one attached hydrogen (secondary N) is 1. The molecule has 0 saturated heterocycles. The Hall–Kier alpha value is -2.91. The lowest BCUT2D eigenvalue weighted by atomic mass is 10.1.